The van der Waals surface area contributed by atoms with Crippen LogP contribution in [0.2, 0.25) is 0 Å². The molecule has 2 saturated carbocycles. The first-order chi connectivity index (χ1) is 11.7. The lowest BCUT2D eigenvalue weighted by Crippen LogP contribution is -2.29. The minimum absolute atomic E-state index is 0.213. The summed E-state index contributed by atoms with van der Waals surface area (Å²) in [4.78, 5) is 23.8. The predicted octanol–water partition coefficient (Wildman–Crippen LogP) is 2.68. The van der Waals surface area contributed by atoms with E-state index < -0.39 is 0 Å². The molecule has 130 valence electrons. The van der Waals surface area contributed by atoms with E-state index in [1.807, 2.05) is 24.3 Å². The molecule has 2 bridgehead atoms. The Morgan fingerprint density at radius 2 is 2.04 bits per heavy atom. The number of hydrogen-bond donors (Lipinski definition) is 1. The summed E-state index contributed by atoms with van der Waals surface area (Å²) in [6.07, 6.45) is 5.46. The number of amides is 1. The Morgan fingerprint density at radius 1 is 1.21 bits per heavy atom. The third-order valence-electron chi connectivity index (χ3n) is 5.35. The van der Waals surface area contributed by atoms with Crippen LogP contribution < -0.4 is 10.1 Å². The van der Waals surface area contributed by atoms with Gasteiger partial charge in [0.1, 0.15) is 5.75 Å². The van der Waals surface area contributed by atoms with Crippen LogP contribution in [0.25, 0.3) is 0 Å². The van der Waals surface area contributed by atoms with Crippen molar-refractivity contribution in [3.63, 3.8) is 0 Å². The molecule has 0 heterocycles. The lowest BCUT2D eigenvalue weighted by Gasteiger charge is -2.20. The molecule has 0 spiro atoms. The number of ether oxygens (including phenoxy) is 2. The SMILES string of the molecule is COc1ccccc1CNC(=O)COC(=O)C[C@H]1C[C@H]2CC[C@@H]1C2. The molecule has 0 aromatic heterocycles. The Labute approximate surface area is 142 Å². The number of hydrogen-bond acceptors (Lipinski definition) is 4. The Morgan fingerprint density at radius 3 is 2.75 bits per heavy atom. The van der Waals surface area contributed by atoms with E-state index in [0.29, 0.717) is 24.8 Å². The van der Waals surface area contributed by atoms with Crippen molar-refractivity contribution in [2.24, 2.45) is 17.8 Å². The molecule has 5 nitrogen and oxygen atoms in total. The monoisotopic (exact) mass is 331 g/mol. The molecule has 3 rings (SSSR count). The fraction of sp³-hybridized carbons (Fsp3) is 0.579. The van der Waals surface area contributed by atoms with Gasteiger partial charge in [0.15, 0.2) is 6.61 Å². The van der Waals surface area contributed by atoms with Crippen LogP contribution in [-0.2, 0) is 20.9 Å². The minimum Gasteiger partial charge on any atom is -0.496 e. The van der Waals surface area contributed by atoms with Gasteiger partial charge < -0.3 is 14.8 Å². The Hall–Kier alpha value is -2.04. The van der Waals surface area contributed by atoms with E-state index in [1.54, 1.807) is 7.11 Å². The molecule has 0 unspecified atom stereocenters. The van der Waals surface area contributed by atoms with Crippen molar-refractivity contribution in [1.82, 2.24) is 5.32 Å². The molecule has 2 aliphatic rings. The molecule has 1 aromatic carbocycles. The lowest BCUT2D eigenvalue weighted by atomic mass is 9.86. The highest BCUT2D eigenvalue weighted by Gasteiger charge is 2.40. The molecule has 2 fully saturated rings. The van der Waals surface area contributed by atoms with Gasteiger partial charge in [-0.15, -0.1) is 0 Å². The molecule has 2 aliphatic carbocycles. The van der Waals surface area contributed by atoms with Crippen molar-refractivity contribution in [2.75, 3.05) is 13.7 Å². The zero-order chi connectivity index (χ0) is 16.9. The van der Waals surface area contributed by atoms with Gasteiger partial charge in [-0.05, 0) is 43.1 Å². The average Bonchev–Trinajstić information content (AvgIpc) is 3.21. The van der Waals surface area contributed by atoms with E-state index in [0.717, 1.165) is 23.7 Å². The Bertz CT molecular complexity index is 601. The van der Waals surface area contributed by atoms with E-state index in [-0.39, 0.29) is 18.5 Å². The molecule has 1 aromatic rings. The summed E-state index contributed by atoms with van der Waals surface area (Å²) in [5.41, 5.74) is 0.890. The molecule has 5 heteroatoms. The van der Waals surface area contributed by atoms with Crippen LogP contribution >= 0.6 is 0 Å². The van der Waals surface area contributed by atoms with Crippen LogP contribution in [0.15, 0.2) is 24.3 Å². The smallest absolute Gasteiger partial charge is 0.306 e. The van der Waals surface area contributed by atoms with Crippen LogP contribution in [0.5, 0.6) is 5.75 Å². The first-order valence-electron chi connectivity index (χ1n) is 8.70. The van der Waals surface area contributed by atoms with Gasteiger partial charge in [-0.3, -0.25) is 9.59 Å². The summed E-state index contributed by atoms with van der Waals surface area (Å²) in [6, 6.07) is 7.50. The molecular weight excluding hydrogens is 306 g/mol. The lowest BCUT2D eigenvalue weighted by molar-refractivity contribution is -0.149. The second-order valence-corrected chi connectivity index (χ2v) is 6.89. The highest BCUT2D eigenvalue weighted by molar-refractivity contribution is 5.80. The Balaban J connectivity index is 1.37. The van der Waals surface area contributed by atoms with Gasteiger partial charge in [0, 0.05) is 18.5 Å². The second-order valence-electron chi connectivity index (χ2n) is 6.89. The van der Waals surface area contributed by atoms with Crippen molar-refractivity contribution in [1.29, 1.82) is 0 Å². The topological polar surface area (TPSA) is 64.6 Å². The molecule has 24 heavy (non-hydrogen) atoms. The molecule has 0 aliphatic heterocycles. The number of carbonyl (C=O) groups is 2. The highest BCUT2D eigenvalue weighted by atomic mass is 16.5. The third-order valence-corrected chi connectivity index (χ3v) is 5.35. The summed E-state index contributed by atoms with van der Waals surface area (Å²) in [5, 5.41) is 2.75. The maximum Gasteiger partial charge on any atom is 0.306 e. The maximum absolute atomic E-state index is 11.9. The van der Waals surface area contributed by atoms with Crippen LogP contribution in [-0.4, -0.2) is 25.6 Å². The fourth-order valence-corrected chi connectivity index (χ4v) is 4.14. The number of carbonyl (C=O) groups excluding carboxylic acids is 2. The predicted molar refractivity (Wildman–Crippen MR) is 89.4 cm³/mol. The molecule has 0 saturated heterocycles. The summed E-state index contributed by atoms with van der Waals surface area (Å²) in [7, 11) is 1.60. The zero-order valence-corrected chi connectivity index (χ0v) is 14.1. The summed E-state index contributed by atoms with van der Waals surface area (Å²) in [5.74, 6) is 2.17. The Kier molecular flexibility index (Phi) is 5.38. The number of esters is 1. The van der Waals surface area contributed by atoms with Gasteiger partial charge in [-0.1, -0.05) is 24.6 Å². The number of nitrogens with one attached hydrogen (secondary N) is 1. The highest BCUT2D eigenvalue weighted by Crippen LogP contribution is 2.49. The number of benzene rings is 1. The normalized spacial score (nSPS) is 24.6. The number of para-hydroxylation sites is 1. The first-order valence-corrected chi connectivity index (χ1v) is 8.70. The summed E-state index contributed by atoms with van der Waals surface area (Å²) < 4.78 is 10.4. The maximum atomic E-state index is 11.9. The van der Waals surface area contributed by atoms with E-state index in [1.165, 1.54) is 19.3 Å². The number of fused-ring (bicyclic) bond motifs is 2. The van der Waals surface area contributed by atoms with Gasteiger partial charge in [-0.25, -0.2) is 0 Å². The fourth-order valence-electron chi connectivity index (χ4n) is 4.14. The summed E-state index contributed by atoms with van der Waals surface area (Å²) >= 11 is 0. The van der Waals surface area contributed by atoms with Crippen molar-refractivity contribution in [3.8, 4) is 5.75 Å². The summed E-state index contributed by atoms with van der Waals surface area (Å²) in [6.45, 7) is 0.140. The van der Waals surface area contributed by atoms with Crippen LogP contribution in [0.3, 0.4) is 0 Å². The average molecular weight is 331 g/mol. The van der Waals surface area contributed by atoms with E-state index in [9.17, 15) is 9.59 Å². The van der Waals surface area contributed by atoms with Gasteiger partial charge in [0.2, 0.25) is 0 Å². The third kappa shape index (κ3) is 4.08. The van der Waals surface area contributed by atoms with Gasteiger partial charge in [-0.2, -0.15) is 0 Å². The van der Waals surface area contributed by atoms with E-state index in [4.69, 9.17) is 9.47 Å². The standard InChI is InChI=1S/C19H25NO4/c1-23-17-5-3-2-4-15(17)11-20-18(21)12-24-19(22)10-16-9-13-6-7-14(16)8-13/h2-5,13-14,16H,6-12H2,1H3,(H,20,21)/t13-,14+,16+/m0/s1. The molecule has 1 amide bonds. The molecule has 3 atom stereocenters. The van der Waals surface area contributed by atoms with Crippen LogP contribution in [0.1, 0.15) is 37.7 Å². The van der Waals surface area contributed by atoms with Gasteiger partial charge in [0.05, 0.1) is 7.11 Å². The quantitative estimate of drug-likeness (QED) is 0.780. The molecular formula is C19H25NO4. The second kappa shape index (κ2) is 7.69. The minimum atomic E-state index is -0.290. The number of rotatable bonds is 7. The van der Waals surface area contributed by atoms with Crippen molar-refractivity contribution < 1.29 is 19.1 Å². The van der Waals surface area contributed by atoms with Crippen LogP contribution in [0, 0.1) is 17.8 Å². The first kappa shape index (κ1) is 16.8. The van der Waals surface area contributed by atoms with Crippen LogP contribution in [0.4, 0.5) is 0 Å². The van der Waals surface area contributed by atoms with E-state index >= 15 is 0 Å². The van der Waals surface area contributed by atoms with Gasteiger partial charge in [0.25, 0.3) is 5.91 Å². The van der Waals surface area contributed by atoms with E-state index in [2.05, 4.69) is 5.32 Å². The largest absolute Gasteiger partial charge is 0.496 e. The molecule has 1 N–H and O–H groups in total. The van der Waals surface area contributed by atoms with Crippen molar-refractivity contribution in [3.05, 3.63) is 29.8 Å². The van der Waals surface area contributed by atoms with Crippen molar-refractivity contribution >= 4 is 11.9 Å². The van der Waals surface area contributed by atoms with Crippen molar-refractivity contribution in [2.45, 2.75) is 38.6 Å². The zero-order valence-electron chi connectivity index (χ0n) is 14.1. The number of methoxy groups -OCH3 is 1. The molecule has 0 radical (unpaired) electrons. The van der Waals surface area contributed by atoms with Gasteiger partial charge >= 0.3 is 5.97 Å².